The molecule has 32 heavy (non-hydrogen) atoms. The molecule has 0 radical (unpaired) electrons. The number of thioether (sulfide) groups is 1. The van der Waals surface area contributed by atoms with Gasteiger partial charge >= 0.3 is 0 Å². The zero-order valence-electron chi connectivity index (χ0n) is 18.3. The van der Waals surface area contributed by atoms with Gasteiger partial charge in [0.2, 0.25) is 5.95 Å². The van der Waals surface area contributed by atoms with E-state index in [2.05, 4.69) is 20.4 Å². The van der Waals surface area contributed by atoms with E-state index in [0.717, 1.165) is 38.5 Å². The Morgan fingerprint density at radius 2 is 1.94 bits per heavy atom. The number of rotatable bonds is 6. The van der Waals surface area contributed by atoms with Gasteiger partial charge in [0.15, 0.2) is 0 Å². The molecule has 1 saturated carbocycles. The number of aryl methyl sites for hydroxylation is 1. The van der Waals surface area contributed by atoms with E-state index >= 15 is 0 Å². The molecule has 0 aliphatic heterocycles. The molecule has 1 aliphatic carbocycles. The van der Waals surface area contributed by atoms with Crippen molar-refractivity contribution in [1.29, 1.82) is 0 Å². The first-order valence-corrected chi connectivity index (χ1v) is 11.8. The third-order valence-corrected chi connectivity index (χ3v) is 7.11. The fourth-order valence-corrected chi connectivity index (χ4v) is 5.36. The summed E-state index contributed by atoms with van der Waals surface area (Å²) in [5.74, 6) is 1.25. The van der Waals surface area contributed by atoms with Crippen LogP contribution in [0.25, 0.3) is 22.0 Å². The molecule has 0 atom stereocenters. The lowest BCUT2D eigenvalue weighted by atomic mass is 10.0. The average Bonchev–Trinajstić information content (AvgIpc) is 3.26. The van der Waals surface area contributed by atoms with E-state index in [9.17, 15) is 0 Å². The molecule has 0 amide bonds. The van der Waals surface area contributed by atoms with E-state index in [1.165, 1.54) is 32.1 Å². The van der Waals surface area contributed by atoms with Gasteiger partial charge in [-0.25, -0.2) is 15.0 Å². The van der Waals surface area contributed by atoms with Crippen LogP contribution < -0.4 is 10.1 Å². The predicted molar refractivity (Wildman–Crippen MR) is 129 cm³/mol. The molecular formula is C24H26N6OS. The zero-order valence-corrected chi connectivity index (χ0v) is 19.1. The molecule has 7 nitrogen and oxygen atoms in total. The van der Waals surface area contributed by atoms with Crippen molar-refractivity contribution in [3.63, 3.8) is 0 Å². The van der Waals surface area contributed by atoms with Gasteiger partial charge < -0.3 is 10.1 Å². The number of benzene rings is 1. The van der Waals surface area contributed by atoms with Gasteiger partial charge in [-0.1, -0.05) is 25.3 Å². The number of fused-ring (bicyclic) bond motifs is 1. The third kappa shape index (κ3) is 4.41. The SMILES string of the molecule is COc1cc(-c2cnn(C)c2)ccc1Nc1ncc2ccnc(SC3CCCCC3)c2n1. The first-order chi connectivity index (χ1) is 15.7. The van der Waals surface area contributed by atoms with Gasteiger partial charge in [0.25, 0.3) is 0 Å². The molecule has 0 unspecified atom stereocenters. The van der Waals surface area contributed by atoms with Crippen molar-refractivity contribution >= 4 is 34.3 Å². The first-order valence-electron chi connectivity index (χ1n) is 10.9. The van der Waals surface area contributed by atoms with Crippen LogP contribution in [0, 0.1) is 0 Å². The van der Waals surface area contributed by atoms with Crippen LogP contribution in [0.1, 0.15) is 32.1 Å². The van der Waals surface area contributed by atoms with Gasteiger partial charge in [-0.15, -0.1) is 11.8 Å². The molecule has 1 aromatic carbocycles. The van der Waals surface area contributed by atoms with Crippen molar-refractivity contribution in [2.45, 2.75) is 42.4 Å². The fraction of sp³-hybridized carbons (Fsp3) is 0.333. The number of methoxy groups -OCH3 is 1. The van der Waals surface area contributed by atoms with Gasteiger partial charge in [-0.05, 0) is 36.6 Å². The Morgan fingerprint density at radius 3 is 2.72 bits per heavy atom. The van der Waals surface area contributed by atoms with Gasteiger partial charge in [0, 0.05) is 41.8 Å². The normalized spacial score (nSPS) is 14.6. The summed E-state index contributed by atoms with van der Waals surface area (Å²) in [5, 5.41) is 10.2. The average molecular weight is 447 g/mol. The minimum atomic E-state index is 0.531. The molecule has 164 valence electrons. The number of nitrogens with zero attached hydrogens (tertiary/aromatic N) is 5. The fourth-order valence-electron chi connectivity index (χ4n) is 4.08. The smallest absolute Gasteiger partial charge is 0.227 e. The largest absolute Gasteiger partial charge is 0.495 e. The second kappa shape index (κ2) is 9.16. The van der Waals surface area contributed by atoms with E-state index in [4.69, 9.17) is 9.72 Å². The third-order valence-electron chi connectivity index (χ3n) is 5.78. The lowest BCUT2D eigenvalue weighted by Gasteiger charge is -2.20. The molecule has 8 heteroatoms. The molecule has 0 bridgehead atoms. The standard InChI is InChI=1S/C24H26N6OS/c1-30-15-18(14-27-30)16-8-9-20(21(12-16)31-2)28-24-26-13-17-10-11-25-23(22(17)29-24)32-19-6-4-3-5-7-19/h8-15,19H,3-7H2,1-2H3,(H,26,28,29). The number of pyridine rings is 1. The predicted octanol–water partition coefficient (Wildman–Crippen LogP) is 5.60. The van der Waals surface area contributed by atoms with E-state index in [1.54, 1.807) is 11.8 Å². The van der Waals surface area contributed by atoms with E-state index in [1.807, 2.05) is 67.9 Å². The minimum absolute atomic E-state index is 0.531. The number of aromatic nitrogens is 5. The van der Waals surface area contributed by atoms with Gasteiger partial charge in [-0.2, -0.15) is 5.10 Å². The second-order valence-corrected chi connectivity index (χ2v) is 9.36. The summed E-state index contributed by atoms with van der Waals surface area (Å²) in [6.45, 7) is 0. The van der Waals surface area contributed by atoms with Crippen LogP contribution in [0.5, 0.6) is 5.75 Å². The molecule has 1 fully saturated rings. The zero-order chi connectivity index (χ0) is 21.9. The summed E-state index contributed by atoms with van der Waals surface area (Å²) in [6, 6.07) is 7.98. The highest BCUT2D eigenvalue weighted by Crippen LogP contribution is 2.36. The number of anilines is 2. The van der Waals surface area contributed by atoms with Crippen LogP contribution >= 0.6 is 11.8 Å². The Labute approximate surface area is 191 Å². The highest BCUT2D eigenvalue weighted by atomic mass is 32.2. The number of hydrogen-bond donors (Lipinski definition) is 1. The first kappa shape index (κ1) is 20.8. The molecule has 1 N–H and O–H groups in total. The second-order valence-electron chi connectivity index (χ2n) is 8.07. The van der Waals surface area contributed by atoms with Crippen LogP contribution in [0.4, 0.5) is 11.6 Å². The highest BCUT2D eigenvalue weighted by molar-refractivity contribution is 8.00. The van der Waals surface area contributed by atoms with Crippen molar-refractivity contribution in [1.82, 2.24) is 24.7 Å². The Bertz CT molecular complexity index is 1230. The summed E-state index contributed by atoms with van der Waals surface area (Å²) >= 11 is 1.86. The topological polar surface area (TPSA) is 77.8 Å². The van der Waals surface area contributed by atoms with Crippen LogP contribution in [0.2, 0.25) is 0 Å². The minimum Gasteiger partial charge on any atom is -0.495 e. The number of hydrogen-bond acceptors (Lipinski definition) is 7. The van der Waals surface area contributed by atoms with Crippen molar-refractivity contribution in [2.75, 3.05) is 12.4 Å². The lowest BCUT2D eigenvalue weighted by molar-refractivity contribution is 0.417. The van der Waals surface area contributed by atoms with Crippen molar-refractivity contribution < 1.29 is 4.74 Å². The molecule has 4 aromatic rings. The summed E-state index contributed by atoms with van der Waals surface area (Å²) in [5.41, 5.74) is 3.78. The molecule has 1 aliphatic rings. The van der Waals surface area contributed by atoms with Crippen LogP contribution in [-0.4, -0.2) is 37.1 Å². The van der Waals surface area contributed by atoms with Gasteiger partial charge in [0.1, 0.15) is 16.3 Å². The Morgan fingerprint density at radius 1 is 1.06 bits per heavy atom. The van der Waals surface area contributed by atoms with E-state index < -0.39 is 0 Å². The lowest BCUT2D eigenvalue weighted by Crippen LogP contribution is -2.08. The molecule has 0 spiro atoms. The van der Waals surface area contributed by atoms with Crippen molar-refractivity contribution in [3.05, 3.63) is 49.1 Å². The van der Waals surface area contributed by atoms with Gasteiger partial charge in [0.05, 0.1) is 19.0 Å². The highest BCUT2D eigenvalue weighted by Gasteiger charge is 2.18. The van der Waals surface area contributed by atoms with Crippen molar-refractivity contribution in [3.8, 4) is 16.9 Å². The quantitative estimate of drug-likeness (QED) is 0.413. The van der Waals surface area contributed by atoms with Gasteiger partial charge in [-0.3, -0.25) is 4.68 Å². The number of ether oxygens (including phenoxy) is 1. The Kier molecular flexibility index (Phi) is 5.94. The monoisotopic (exact) mass is 446 g/mol. The maximum absolute atomic E-state index is 5.64. The maximum Gasteiger partial charge on any atom is 0.227 e. The Hall–Kier alpha value is -3.13. The van der Waals surface area contributed by atoms with E-state index in [0.29, 0.717) is 11.2 Å². The van der Waals surface area contributed by atoms with E-state index in [-0.39, 0.29) is 0 Å². The van der Waals surface area contributed by atoms with Crippen LogP contribution in [0.15, 0.2) is 54.1 Å². The maximum atomic E-state index is 5.64. The molecule has 3 aromatic heterocycles. The van der Waals surface area contributed by atoms with Crippen LogP contribution in [0.3, 0.4) is 0 Å². The van der Waals surface area contributed by atoms with Crippen molar-refractivity contribution in [2.24, 2.45) is 7.05 Å². The molecule has 0 saturated heterocycles. The number of nitrogens with one attached hydrogen (secondary N) is 1. The summed E-state index contributed by atoms with van der Waals surface area (Å²) < 4.78 is 7.42. The van der Waals surface area contributed by atoms with Crippen LogP contribution in [-0.2, 0) is 7.05 Å². The molecular weight excluding hydrogens is 420 g/mol. The summed E-state index contributed by atoms with van der Waals surface area (Å²) in [4.78, 5) is 14.0. The Balaban J connectivity index is 1.43. The summed E-state index contributed by atoms with van der Waals surface area (Å²) in [6.07, 6.45) is 14.0. The molecule has 3 heterocycles. The molecule has 5 rings (SSSR count). The summed E-state index contributed by atoms with van der Waals surface area (Å²) in [7, 11) is 3.57.